The van der Waals surface area contributed by atoms with Crippen molar-refractivity contribution >= 4 is 5.97 Å². The molecule has 0 aromatic carbocycles. The smallest absolute Gasteiger partial charge is 0.303 e. The third-order valence-corrected chi connectivity index (χ3v) is 2.46. The molecule has 1 fully saturated rings. The minimum Gasteiger partial charge on any atom is -0.481 e. The van der Waals surface area contributed by atoms with E-state index in [2.05, 4.69) is 18.7 Å². The summed E-state index contributed by atoms with van der Waals surface area (Å²) in [5.41, 5.74) is 0. The van der Waals surface area contributed by atoms with Gasteiger partial charge in [-0.25, -0.2) is 0 Å². The lowest BCUT2D eigenvalue weighted by molar-refractivity contribution is -0.138. The van der Waals surface area contributed by atoms with E-state index in [0.29, 0.717) is 18.3 Å². The van der Waals surface area contributed by atoms with E-state index >= 15 is 0 Å². The zero-order chi connectivity index (χ0) is 9.84. The van der Waals surface area contributed by atoms with Crippen molar-refractivity contribution in [2.75, 3.05) is 19.6 Å². The Kier molecular flexibility index (Phi) is 3.72. The van der Waals surface area contributed by atoms with Gasteiger partial charge in [-0.3, -0.25) is 4.79 Å². The van der Waals surface area contributed by atoms with Gasteiger partial charge in [0.1, 0.15) is 0 Å². The Morgan fingerprint density at radius 1 is 1.62 bits per heavy atom. The number of hydrogen-bond acceptors (Lipinski definition) is 2. The minimum atomic E-state index is -0.656. The molecule has 1 saturated heterocycles. The molecule has 3 nitrogen and oxygen atoms in total. The Bertz CT molecular complexity index is 180. The Morgan fingerprint density at radius 3 is 2.85 bits per heavy atom. The van der Waals surface area contributed by atoms with E-state index in [-0.39, 0.29) is 0 Å². The third-order valence-electron chi connectivity index (χ3n) is 2.46. The molecule has 1 heterocycles. The van der Waals surface area contributed by atoms with Gasteiger partial charge >= 0.3 is 5.97 Å². The first-order valence-corrected chi connectivity index (χ1v) is 5.02. The molecular weight excluding hydrogens is 166 g/mol. The number of likely N-dealkylation sites (tertiary alicyclic amines) is 1. The predicted octanol–water partition coefficient (Wildman–Crippen LogP) is 1.44. The second-order valence-electron chi connectivity index (χ2n) is 4.41. The zero-order valence-electron chi connectivity index (χ0n) is 8.49. The summed E-state index contributed by atoms with van der Waals surface area (Å²) in [4.78, 5) is 12.8. The normalized spacial score (nSPS) is 24.1. The summed E-state index contributed by atoms with van der Waals surface area (Å²) < 4.78 is 0. The standard InChI is InChI=1S/C10H19NO2/c1-8(2)6-11-4-3-9(7-11)5-10(12)13/h8-9H,3-7H2,1-2H3,(H,12,13)/t9-/m1/s1. The monoisotopic (exact) mass is 185 g/mol. The molecule has 76 valence electrons. The van der Waals surface area contributed by atoms with Crippen LogP contribution in [0, 0.1) is 11.8 Å². The third kappa shape index (κ3) is 3.77. The van der Waals surface area contributed by atoms with Gasteiger partial charge in [0.15, 0.2) is 0 Å². The van der Waals surface area contributed by atoms with E-state index in [0.717, 1.165) is 26.1 Å². The van der Waals surface area contributed by atoms with E-state index in [9.17, 15) is 4.79 Å². The highest BCUT2D eigenvalue weighted by atomic mass is 16.4. The van der Waals surface area contributed by atoms with Crippen LogP contribution in [0.3, 0.4) is 0 Å². The minimum absolute atomic E-state index is 0.342. The molecule has 13 heavy (non-hydrogen) atoms. The number of nitrogens with zero attached hydrogens (tertiary/aromatic N) is 1. The molecule has 1 aliphatic rings. The topological polar surface area (TPSA) is 40.5 Å². The van der Waals surface area contributed by atoms with Gasteiger partial charge in [-0.1, -0.05) is 13.8 Å². The Hall–Kier alpha value is -0.570. The van der Waals surface area contributed by atoms with E-state index < -0.39 is 5.97 Å². The maximum absolute atomic E-state index is 10.5. The largest absolute Gasteiger partial charge is 0.481 e. The molecule has 0 saturated carbocycles. The van der Waals surface area contributed by atoms with Gasteiger partial charge in [-0.15, -0.1) is 0 Å². The molecule has 1 N–H and O–H groups in total. The summed E-state index contributed by atoms with van der Waals surface area (Å²) in [5.74, 6) is 0.413. The first kappa shape index (κ1) is 10.5. The van der Waals surface area contributed by atoms with Crippen molar-refractivity contribution in [3.63, 3.8) is 0 Å². The SMILES string of the molecule is CC(C)CN1CC[C@H](CC(=O)O)C1. The fraction of sp³-hybridized carbons (Fsp3) is 0.900. The van der Waals surface area contributed by atoms with Crippen LogP contribution < -0.4 is 0 Å². The summed E-state index contributed by atoms with van der Waals surface area (Å²) in [6.07, 6.45) is 1.40. The van der Waals surface area contributed by atoms with Gasteiger partial charge in [0.25, 0.3) is 0 Å². The number of carbonyl (C=O) groups is 1. The summed E-state index contributed by atoms with van der Waals surface area (Å²) >= 11 is 0. The molecule has 0 unspecified atom stereocenters. The first-order valence-electron chi connectivity index (χ1n) is 5.02. The van der Waals surface area contributed by atoms with Crippen LogP contribution >= 0.6 is 0 Å². The van der Waals surface area contributed by atoms with E-state index in [4.69, 9.17) is 5.11 Å². The molecule has 0 amide bonds. The van der Waals surface area contributed by atoms with E-state index in [1.807, 2.05) is 0 Å². The lowest BCUT2D eigenvalue weighted by Crippen LogP contribution is -2.25. The van der Waals surface area contributed by atoms with Crippen LogP contribution in [0.15, 0.2) is 0 Å². The molecule has 0 aromatic rings. The maximum atomic E-state index is 10.5. The maximum Gasteiger partial charge on any atom is 0.303 e. The van der Waals surface area contributed by atoms with Crippen LogP contribution in [0.25, 0.3) is 0 Å². The van der Waals surface area contributed by atoms with Crippen LogP contribution in [-0.2, 0) is 4.79 Å². The van der Waals surface area contributed by atoms with Gasteiger partial charge in [0.05, 0.1) is 0 Å². The average molecular weight is 185 g/mol. The van der Waals surface area contributed by atoms with Gasteiger partial charge in [-0.2, -0.15) is 0 Å². The van der Waals surface area contributed by atoms with Crippen LogP contribution in [0.4, 0.5) is 0 Å². The number of rotatable bonds is 4. The van der Waals surface area contributed by atoms with Gasteiger partial charge < -0.3 is 10.0 Å². The van der Waals surface area contributed by atoms with E-state index in [1.165, 1.54) is 0 Å². The second-order valence-corrected chi connectivity index (χ2v) is 4.41. The molecule has 0 radical (unpaired) electrons. The van der Waals surface area contributed by atoms with Crippen molar-refractivity contribution in [3.8, 4) is 0 Å². The highest BCUT2D eigenvalue weighted by molar-refractivity contribution is 5.67. The lowest BCUT2D eigenvalue weighted by atomic mass is 10.1. The van der Waals surface area contributed by atoms with Crippen molar-refractivity contribution < 1.29 is 9.90 Å². The Labute approximate surface area is 79.7 Å². The second kappa shape index (κ2) is 4.61. The predicted molar refractivity (Wildman–Crippen MR) is 51.6 cm³/mol. The molecule has 0 aliphatic carbocycles. The fourth-order valence-electron chi connectivity index (χ4n) is 2.01. The van der Waals surface area contributed by atoms with Crippen molar-refractivity contribution in [2.24, 2.45) is 11.8 Å². The summed E-state index contributed by atoms with van der Waals surface area (Å²) in [6.45, 7) is 7.56. The number of hydrogen-bond donors (Lipinski definition) is 1. The van der Waals surface area contributed by atoms with E-state index in [1.54, 1.807) is 0 Å². The Balaban J connectivity index is 2.24. The molecular formula is C10H19NO2. The number of carboxylic acids is 1. The number of carboxylic acid groups (broad SMARTS) is 1. The Morgan fingerprint density at radius 2 is 2.31 bits per heavy atom. The van der Waals surface area contributed by atoms with Crippen molar-refractivity contribution in [3.05, 3.63) is 0 Å². The molecule has 3 heteroatoms. The van der Waals surface area contributed by atoms with Crippen LogP contribution in [0.1, 0.15) is 26.7 Å². The summed E-state index contributed by atoms with van der Waals surface area (Å²) in [7, 11) is 0. The quantitative estimate of drug-likeness (QED) is 0.720. The van der Waals surface area contributed by atoms with Gasteiger partial charge in [0, 0.05) is 19.5 Å². The van der Waals surface area contributed by atoms with Crippen molar-refractivity contribution in [2.45, 2.75) is 26.7 Å². The van der Waals surface area contributed by atoms with Gasteiger partial charge in [-0.05, 0) is 24.8 Å². The van der Waals surface area contributed by atoms with Crippen LogP contribution in [0.2, 0.25) is 0 Å². The van der Waals surface area contributed by atoms with Crippen molar-refractivity contribution in [1.29, 1.82) is 0 Å². The molecule has 0 aromatic heterocycles. The molecule has 0 bridgehead atoms. The summed E-state index contributed by atoms with van der Waals surface area (Å²) in [6, 6.07) is 0. The molecule has 1 rings (SSSR count). The van der Waals surface area contributed by atoms with Gasteiger partial charge in [0.2, 0.25) is 0 Å². The van der Waals surface area contributed by atoms with Crippen LogP contribution in [-0.4, -0.2) is 35.6 Å². The van der Waals surface area contributed by atoms with Crippen LogP contribution in [0.5, 0.6) is 0 Å². The average Bonchev–Trinajstić information content (AvgIpc) is 2.33. The van der Waals surface area contributed by atoms with Crippen molar-refractivity contribution in [1.82, 2.24) is 4.90 Å². The fourth-order valence-corrected chi connectivity index (χ4v) is 2.01. The summed E-state index contributed by atoms with van der Waals surface area (Å²) in [5, 5.41) is 8.62. The zero-order valence-corrected chi connectivity index (χ0v) is 8.49. The lowest BCUT2D eigenvalue weighted by Gasteiger charge is -2.17. The number of aliphatic carboxylic acids is 1. The molecule has 1 aliphatic heterocycles. The molecule has 0 spiro atoms. The highest BCUT2D eigenvalue weighted by Crippen LogP contribution is 2.20. The molecule has 1 atom stereocenters. The first-order chi connectivity index (χ1) is 6.08. The highest BCUT2D eigenvalue weighted by Gasteiger charge is 2.24.